The molecule has 0 aliphatic carbocycles. The van der Waals surface area contributed by atoms with Crippen LogP contribution in [0, 0.1) is 3.57 Å². The zero-order valence-corrected chi connectivity index (χ0v) is 11.2. The molecule has 0 unspecified atom stereocenters. The third-order valence-corrected chi connectivity index (χ3v) is 3.19. The average Bonchev–Trinajstić information content (AvgIpc) is 2.71. The number of nitrogens with zero attached hydrogens (tertiary/aromatic N) is 3. The van der Waals surface area contributed by atoms with E-state index in [0.29, 0.717) is 5.69 Å². The molecule has 0 saturated heterocycles. The SMILES string of the molecule is Oc1ccc(-n2nc3ccc(I)cc3n2)c(O)c1. The molecule has 3 rings (SSSR count). The van der Waals surface area contributed by atoms with E-state index in [9.17, 15) is 10.2 Å². The Morgan fingerprint density at radius 3 is 2.50 bits per heavy atom. The second kappa shape index (κ2) is 4.13. The van der Waals surface area contributed by atoms with Gasteiger partial charge in [-0.05, 0) is 52.9 Å². The van der Waals surface area contributed by atoms with Crippen LogP contribution in [-0.2, 0) is 0 Å². The van der Waals surface area contributed by atoms with Crippen LogP contribution in [0.1, 0.15) is 0 Å². The highest BCUT2D eigenvalue weighted by Gasteiger charge is 2.09. The minimum Gasteiger partial charge on any atom is -0.508 e. The van der Waals surface area contributed by atoms with Gasteiger partial charge in [0.2, 0.25) is 0 Å². The quantitative estimate of drug-likeness (QED) is 0.660. The summed E-state index contributed by atoms with van der Waals surface area (Å²) in [6, 6.07) is 10.0. The van der Waals surface area contributed by atoms with E-state index in [1.54, 1.807) is 6.07 Å². The van der Waals surface area contributed by atoms with Gasteiger partial charge >= 0.3 is 0 Å². The Morgan fingerprint density at radius 2 is 1.72 bits per heavy atom. The van der Waals surface area contributed by atoms with Crippen molar-refractivity contribution in [3.8, 4) is 17.2 Å². The summed E-state index contributed by atoms with van der Waals surface area (Å²) < 4.78 is 1.07. The molecular weight excluding hydrogens is 345 g/mol. The normalized spacial score (nSPS) is 10.9. The van der Waals surface area contributed by atoms with Gasteiger partial charge in [-0.1, -0.05) is 0 Å². The van der Waals surface area contributed by atoms with Crippen molar-refractivity contribution in [2.75, 3.05) is 0 Å². The Labute approximate surface area is 116 Å². The molecule has 0 aliphatic heterocycles. The van der Waals surface area contributed by atoms with Gasteiger partial charge in [0.15, 0.2) is 0 Å². The molecule has 0 fully saturated rings. The summed E-state index contributed by atoms with van der Waals surface area (Å²) in [7, 11) is 0. The van der Waals surface area contributed by atoms with E-state index < -0.39 is 0 Å². The number of fused-ring (bicyclic) bond motifs is 1. The lowest BCUT2D eigenvalue weighted by molar-refractivity contribution is 0.446. The molecule has 0 bridgehead atoms. The first-order valence-corrected chi connectivity index (χ1v) is 6.26. The van der Waals surface area contributed by atoms with Crippen molar-refractivity contribution < 1.29 is 10.2 Å². The van der Waals surface area contributed by atoms with Crippen molar-refractivity contribution in [1.29, 1.82) is 0 Å². The smallest absolute Gasteiger partial charge is 0.146 e. The number of phenols is 2. The summed E-state index contributed by atoms with van der Waals surface area (Å²) in [5, 5.41) is 27.6. The van der Waals surface area contributed by atoms with Gasteiger partial charge < -0.3 is 10.2 Å². The summed E-state index contributed by atoms with van der Waals surface area (Å²) >= 11 is 2.20. The Morgan fingerprint density at radius 1 is 0.944 bits per heavy atom. The van der Waals surface area contributed by atoms with Crippen LogP contribution in [-0.4, -0.2) is 25.2 Å². The summed E-state index contributed by atoms with van der Waals surface area (Å²) in [6.07, 6.45) is 0. The topological polar surface area (TPSA) is 71.2 Å². The van der Waals surface area contributed by atoms with Gasteiger partial charge in [-0.3, -0.25) is 0 Å². The fourth-order valence-corrected chi connectivity index (χ4v) is 2.15. The molecular formula is C12H8IN3O2. The molecule has 0 spiro atoms. The second-order valence-corrected chi connectivity index (χ2v) is 5.04. The molecule has 1 aromatic heterocycles. The van der Waals surface area contributed by atoms with Crippen molar-refractivity contribution >= 4 is 33.6 Å². The fraction of sp³-hybridized carbons (Fsp3) is 0. The van der Waals surface area contributed by atoms with E-state index in [2.05, 4.69) is 32.8 Å². The Hall–Kier alpha value is -1.83. The molecule has 1 heterocycles. The maximum absolute atomic E-state index is 9.76. The third-order valence-electron chi connectivity index (χ3n) is 2.52. The molecule has 6 heteroatoms. The van der Waals surface area contributed by atoms with Crippen LogP contribution < -0.4 is 0 Å². The Bertz CT molecular complexity index is 739. The summed E-state index contributed by atoms with van der Waals surface area (Å²) in [5.74, 6) is -0.0625. The van der Waals surface area contributed by atoms with E-state index in [4.69, 9.17) is 0 Å². The molecule has 0 radical (unpaired) electrons. The highest BCUT2D eigenvalue weighted by atomic mass is 127. The molecule has 2 aromatic carbocycles. The first kappa shape index (κ1) is 11.3. The van der Waals surface area contributed by atoms with E-state index in [1.165, 1.54) is 16.9 Å². The third kappa shape index (κ3) is 1.88. The number of hydrogen-bond acceptors (Lipinski definition) is 4. The molecule has 0 aliphatic rings. The molecule has 3 aromatic rings. The van der Waals surface area contributed by atoms with Crippen molar-refractivity contribution in [3.63, 3.8) is 0 Å². The molecule has 0 amide bonds. The summed E-state index contributed by atoms with van der Waals surface area (Å²) in [6.45, 7) is 0. The fourth-order valence-electron chi connectivity index (χ4n) is 1.68. The standard InChI is InChI=1S/C12H8IN3O2/c13-7-1-3-9-10(5-7)15-16(14-9)11-4-2-8(17)6-12(11)18/h1-6,17-18H. The molecule has 0 atom stereocenters. The Balaban J connectivity index is 2.19. The van der Waals surface area contributed by atoms with Crippen molar-refractivity contribution in [1.82, 2.24) is 15.0 Å². The van der Waals surface area contributed by atoms with Crippen LogP contribution in [0.25, 0.3) is 16.7 Å². The predicted molar refractivity (Wildman–Crippen MR) is 74.9 cm³/mol. The number of aromatic hydroxyl groups is 2. The van der Waals surface area contributed by atoms with Crippen LogP contribution in [0.15, 0.2) is 36.4 Å². The maximum atomic E-state index is 9.76. The van der Waals surface area contributed by atoms with E-state index in [1.807, 2.05) is 18.2 Å². The van der Waals surface area contributed by atoms with Gasteiger partial charge in [0.05, 0.1) is 0 Å². The summed E-state index contributed by atoms with van der Waals surface area (Å²) in [4.78, 5) is 1.36. The monoisotopic (exact) mass is 353 g/mol. The first-order chi connectivity index (χ1) is 8.63. The lowest BCUT2D eigenvalue weighted by Gasteiger charge is -2.02. The number of hydrogen-bond donors (Lipinski definition) is 2. The van der Waals surface area contributed by atoms with E-state index >= 15 is 0 Å². The predicted octanol–water partition coefficient (Wildman–Crippen LogP) is 2.44. The Kier molecular flexibility index (Phi) is 2.58. The number of phenolic OH excluding ortho intramolecular Hbond substituents is 2. The average molecular weight is 353 g/mol. The van der Waals surface area contributed by atoms with Crippen LogP contribution in [0.4, 0.5) is 0 Å². The lowest BCUT2D eigenvalue weighted by Crippen LogP contribution is -1.98. The van der Waals surface area contributed by atoms with Gasteiger partial charge in [0.25, 0.3) is 0 Å². The van der Waals surface area contributed by atoms with Crippen molar-refractivity contribution in [3.05, 3.63) is 40.0 Å². The lowest BCUT2D eigenvalue weighted by atomic mass is 10.3. The molecule has 90 valence electrons. The minimum absolute atomic E-state index is 0.00232. The number of benzene rings is 2. The zero-order chi connectivity index (χ0) is 12.7. The molecule has 5 nitrogen and oxygen atoms in total. The number of halogens is 1. The van der Waals surface area contributed by atoms with Gasteiger partial charge in [-0.2, -0.15) is 0 Å². The molecule has 2 N–H and O–H groups in total. The summed E-state index contributed by atoms with van der Waals surface area (Å²) in [5.41, 5.74) is 1.94. The van der Waals surface area contributed by atoms with Crippen molar-refractivity contribution in [2.45, 2.75) is 0 Å². The van der Waals surface area contributed by atoms with Gasteiger partial charge in [0.1, 0.15) is 28.2 Å². The van der Waals surface area contributed by atoms with Gasteiger partial charge in [-0.15, -0.1) is 15.0 Å². The van der Waals surface area contributed by atoms with Gasteiger partial charge in [0, 0.05) is 9.64 Å². The number of aromatic nitrogens is 3. The molecule has 18 heavy (non-hydrogen) atoms. The molecule has 0 saturated carbocycles. The van der Waals surface area contributed by atoms with Crippen molar-refractivity contribution in [2.24, 2.45) is 0 Å². The van der Waals surface area contributed by atoms with E-state index in [0.717, 1.165) is 14.6 Å². The van der Waals surface area contributed by atoms with E-state index in [-0.39, 0.29) is 11.5 Å². The van der Waals surface area contributed by atoms with Crippen LogP contribution in [0.5, 0.6) is 11.5 Å². The van der Waals surface area contributed by atoms with Crippen LogP contribution in [0.3, 0.4) is 0 Å². The highest BCUT2D eigenvalue weighted by molar-refractivity contribution is 14.1. The van der Waals surface area contributed by atoms with Crippen LogP contribution >= 0.6 is 22.6 Å². The second-order valence-electron chi connectivity index (χ2n) is 3.80. The highest BCUT2D eigenvalue weighted by Crippen LogP contribution is 2.26. The number of rotatable bonds is 1. The van der Waals surface area contributed by atoms with Gasteiger partial charge in [-0.25, -0.2) is 0 Å². The zero-order valence-electron chi connectivity index (χ0n) is 9.08. The first-order valence-electron chi connectivity index (χ1n) is 5.18. The van der Waals surface area contributed by atoms with Crippen LogP contribution in [0.2, 0.25) is 0 Å². The maximum Gasteiger partial charge on any atom is 0.146 e. The largest absolute Gasteiger partial charge is 0.508 e. The minimum atomic E-state index is -0.0648.